The first-order chi connectivity index (χ1) is 10.1. The van der Waals surface area contributed by atoms with E-state index in [9.17, 15) is 0 Å². The topological polar surface area (TPSA) is 0 Å². The van der Waals surface area contributed by atoms with Gasteiger partial charge in [-0.1, -0.05) is 38.9 Å². The molecule has 4 fully saturated rings. The minimum Gasteiger partial charge on any atom is -0.0932 e. The van der Waals surface area contributed by atoms with Crippen molar-refractivity contribution in [3.05, 3.63) is 0 Å². The number of rotatable bonds is 1. The first kappa shape index (κ1) is 14.7. The second kappa shape index (κ2) is 5.05. The highest BCUT2D eigenvalue weighted by molar-refractivity contribution is 7.79. The van der Waals surface area contributed by atoms with Crippen LogP contribution < -0.4 is 0 Å². The van der Waals surface area contributed by atoms with Crippen LogP contribution in [0.15, 0.2) is 0 Å². The van der Waals surface area contributed by atoms with E-state index in [2.05, 4.69) is 19.2 Å². The summed E-state index contributed by atoms with van der Waals surface area (Å²) in [6.45, 7) is 5.27. The maximum Gasteiger partial charge on any atom is -0.00717 e. The summed E-state index contributed by atoms with van der Waals surface area (Å²) in [7, 11) is 0. The van der Waals surface area contributed by atoms with Crippen LogP contribution in [0.5, 0.6) is 0 Å². The Morgan fingerprint density at radius 1 is 0.810 bits per heavy atom. The highest BCUT2D eigenvalue weighted by Gasteiger charge is 2.59. The molecule has 7 atom stereocenters. The molecule has 0 aromatic heterocycles. The molecule has 1 unspecified atom stereocenters. The molecule has 0 aliphatic heterocycles. The van der Waals surface area contributed by atoms with Crippen LogP contribution in [0.4, 0.5) is 0 Å². The summed E-state index contributed by atoms with van der Waals surface area (Å²) in [6, 6.07) is 0. The lowest BCUT2D eigenvalue weighted by Crippen LogP contribution is -2.52. The molecule has 0 spiro atoms. The Morgan fingerprint density at radius 3 is 2.43 bits per heavy atom. The second-order valence-electron chi connectivity index (χ2n) is 9.27. The minimum absolute atomic E-state index is 0.556. The molecule has 0 nitrogen and oxygen atoms in total. The fourth-order valence-corrected chi connectivity index (χ4v) is 8.01. The van der Waals surface area contributed by atoms with Gasteiger partial charge in [-0.15, -0.1) is 0 Å². The molecular weight excluding hydrogens is 272 g/mol. The van der Waals surface area contributed by atoms with Crippen LogP contribution >= 0.6 is 12.2 Å². The highest BCUT2D eigenvalue weighted by Crippen LogP contribution is 2.67. The quantitative estimate of drug-likeness (QED) is 0.532. The zero-order chi connectivity index (χ0) is 14.7. The van der Waals surface area contributed by atoms with Crippen molar-refractivity contribution in [1.82, 2.24) is 0 Å². The maximum absolute atomic E-state index is 5.39. The first-order valence-electron chi connectivity index (χ1n) is 9.55. The number of fused-ring (bicyclic) bond motifs is 5. The lowest BCUT2D eigenvalue weighted by Gasteiger charge is -2.60. The monoisotopic (exact) mass is 304 g/mol. The Morgan fingerprint density at radius 2 is 1.62 bits per heavy atom. The van der Waals surface area contributed by atoms with E-state index in [1.54, 1.807) is 0 Å². The summed E-state index contributed by atoms with van der Waals surface area (Å²) in [4.78, 5) is 0. The summed E-state index contributed by atoms with van der Waals surface area (Å²) in [5, 5.41) is 2.13. The molecule has 0 bridgehead atoms. The van der Waals surface area contributed by atoms with Crippen LogP contribution in [0.3, 0.4) is 0 Å². The van der Waals surface area contributed by atoms with E-state index >= 15 is 0 Å². The number of thiocarbonyl (C=S) groups is 1. The van der Waals surface area contributed by atoms with Crippen molar-refractivity contribution in [1.29, 1.82) is 0 Å². The molecule has 0 heterocycles. The van der Waals surface area contributed by atoms with Crippen LogP contribution in [0.2, 0.25) is 0 Å². The van der Waals surface area contributed by atoms with Gasteiger partial charge < -0.3 is 0 Å². The number of hydrogen-bond donors (Lipinski definition) is 0. The van der Waals surface area contributed by atoms with Gasteiger partial charge in [-0.3, -0.25) is 0 Å². The molecule has 1 heteroatoms. The Labute approximate surface area is 136 Å². The zero-order valence-electron chi connectivity index (χ0n) is 13.9. The van der Waals surface area contributed by atoms with Gasteiger partial charge in [-0.2, -0.15) is 0 Å². The van der Waals surface area contributed by atoms with Gasteiger partial charge in [0.1, 0.15) is 0 Å². The largest absolute Gasteiger partial charge is 0.0932 e. The van der Waals surface area contributed by atoms with Crippen molar-refractivity contribution >= 4 is 17.6 Å². The van der Waals surface area contributed by atoms with Crippen molar-refractivity contribution in [2.75, 3.05) is 0 Å². The van der Waals surface area contributed by atoms with E-state index in [4.69, 9.17) is 12.2 Å². The van der Waals surface area contributed by atoms with Crippen molar-refractivity contribution < 1.29 is 0 Å². The van der Waals surface area contributed by atoms with Crippen LogP contribution in [-0.4, -0.2) is 5.37 Å². The van der Waals surface area contributed by atoms with Crippen LogP contribution in [0.1, 0.15) is 78.1 Å². The predicted octanol–water partition coefficient (Wildman–Crippen LogP) is 6.04. The molecule has 4 saturated carbocycles. The first-order valence-corrected chi connectivity index (χ1v) is 10.0. The lowest BCUT2D eigenvalue weighted by molar-refractivity contribution is -0.106. The minimum atomic E-state index is 0.556. The van der Waals surface area contributed by atoms with Gasteiger partial charge in [0.15, 0.2) is 0 Å². The highest BCUT2D eigenvalue weighted by atomic mass is 32.1. The molecule has 0 aromatic carbocycles. The van der Waals surface area contributed by atoms with Crippen LogP contribution in [-0.2, 0) is 0 Å². The maximum atomic E-state index is 5.39. The molecule has 0 amide bonds. The molecular formula is C20H32S. The summed E-state index contributed by atoms with van der Waals surface area (Å²) >= 11 is 5.39. The molecule has 4 rings (SSSR count). The van der Waals surface area contributed by atoms with Crippen molar-refractivity contribution in [3.63, 3.8) is 0 Å². The van der Waals surface area contributed by atoms with Gasteiger partial charge in [-0.05, 0) is 97.2 Å². The number of hydrogen-bond acceptors (Lipinski definition) is 1. The fourth-order valence-electron chi connectivity index (χ4n) is 7.56. The Hall–Kier alpha value is 0.0900. The molecule has 0 saturated heterocycles. The molecule has 0 aromatic rings. The van der Waals surface area contributed by atoms with E-state index in [1.807, 2.05) is 0 Å². The third kappa shape index (κ3) is 1.95. The van der Waals surface area contributed by atoms with Crippen molar-refractivity contribution in [2.45, 2.75) is 78.1 Å². The van der Waals surface area contributed by atoms with Crippen molar-refractivity contribution in [2.24, 2.45) is 40.4 Å². The Bertz CT molecular complexity index is 430. The predicted molar refractivity (Wildman–Crippen MR) is 93.5 cm³/mol. The van der Waals surface area contributed by atoms with Crippen LogP contribution in [0.25, 0.3) is 0 Å². The SMILES string of the molecule is C[C@]12CC[C@H]3[C@@H](CCC4CCCC[C@@]43C)[C@@H]1CC[C@@H]2C=S. The average molecular weight is 305 g/mol. The second-order valence-corrected chi connectivity index (χ2v) is 9.54. The molecule has 0 N–H and O–H groups in total. The lowest BCUT2D eigenvalue weighted by atomic mass is 9.45. The fraction of sp³-hybridized carbons (Fsp3) is 0.950. The zero-order valence-corrected chi connectivity index (χ0v) is 14.8. The van der Waals surface area contributed by atoms with Gasteiger partial charge in [-0.25, -0.2) is 0 Å². The Balaban J connectivity index is 1.64. The third-order valence-corrected chi connectivity index (χ3v) is 9.15. The smallest absolute Gasteiger partial charge is 0.00717 e. The van der Waals surface area contributed by atoms with E-state index in [1.165, 1.54) is 64.2 Å². The normalized spacial score (nSPS) is 56.2. The van der Waals surface area contributed by atoms with E-state index < -0.39 is 0 Å². The Kier molecular flexibility index (Phi) is 3.52. The summed E-state index contributed by atoms with van der Waals surface area (Å²) < 4.78 is 0. The third-order valence-electron chi connectivity index (χ3n) is 8.82. The molecule has 4 aliphatic carbocycles. The van der Waals surface area contributed by atoms with Gasteiger partial charge in [0.25, 0.3) is 0 Å². The van der Waals surface area contributed by atoms with Gasteiger partial charge in [0, 0.05) is 0 Å². The molecule has 21 heavy (non-hydrogen) atoms. The van der Waals surface area contributed by atoms with Crippen LogP contribution in [0, 0.1) is 40.4 Å². The van der Waals surface area contributed by atoms with E-state index in [0.717, 1.165) is 29.6 Å². The molecule has 118 valence electrons. The standard InChI is InChI=1S/C20H32S/c1-19-11-4-3-5-14(19)6-8-16-17-9-7-15(13-21)20(17,2)12-10-18(16)19/h13-18H,3-12H2,1-2H3/t14?,15-,16+,17+,18+,19+,20-/m1/s1. The summed E-state index contributed by atoms with van der Waals surface area (Å²) in [6.07, 6.45) is 14.9. The average Bonchev–Trinajstić information content (AvgIpc) is 2.83. The van der Waals surface area contributed by atoms with Gasteiger partial charge >= 0.3 is 0 Å². The van der Waals surface area contributed by atoms with E-state index in [-0.39, 0.29) is 0 Å². The van der Waals surface area contributed by atoms with Gasteiger partial charge in [0.2, 0.25) is 0 Å². The van der Waals surface area contributed by atoms with E-state index in [0.29, 0.717) is 10.8 Å². The molecule has 4 aliphatic rings. The summed E-state index contributed by atoms with van der Waals surface area (Å²) in [5.74, 6) is 4.84. The van der Waals surface area contributed by atoms with Gasteiger partial charge in [0.05, 0.1) is 0 Å². The summed E-state index contributed by atoms with van der Waals surface area (Å²) in [5.41, 5.74) is 1.25. The molecule has 0 radical (unpaired) electrons. The van der Waals surface area contributed by atoms with Crippen molar-refractivity contribution in [3.8, 4) is 0 Å².